The molecule has 1 saturated heterocycles. The third-order valence-electron chi connectivity index (χ3n) is 5.53. The average molecular weight is 469 g/mol. The number of ether oxygens (including phenoxy) is 2. The molecule has 0 saturated carbocycles. The Hall–Kier alpha value is -4.65. The highest BCUT2D eigenvalue weighted by Gasteiger charge is 2.43. The van der Waals surface area contributed by atoms with Gasteiger partial charge in [0.25, 0.3) is 11.8 Å². The first-order chi connectivity index (χ1) is 17.0. The first-order valence-corrected chi connectivity index (χ1v) is 10.9. The Labute approximate surface area is 203 Å². The number of carbonyl (C=O) groups excluding carboxylic acids is 3. The molecular weight excluding hydrogens is 444 g/mol. The van der Waals surface area contributed by atoms with Crippen LogP contribution in [0.5, 0.6) is 11.5 Å². The van der Waals surface area contributed by atoms with Crippen LogP contribution >= 0.6 is 0 Å². The van der Waals surface area contributed by atoms with E-state index in [2.05, 4.69) is 6.58 Å². The van der Waals surface area contributed by atoms with E-state index < -0.39 is 17.8 Å². The number of nitrogens with zero attached hydrogens (tertiary/aromatic N) is 2. The first-order valence-electron chi connectivity index (χ1n) is 10.9. The van der Waals surface area contributed by atoms with E-state index in [4.69, 9.17) is 9.47 Å². The molecule has 1 aliphatic rings. The van der Waals surface area contributed by atoms with Crippen LogP contribution in [0.1, 0.15) is 11.1 Å². The number of para-hydroxylation sites is 2. The minimum Gasteiger partial charge on any atom is -0.493 e. The Kier molecular flexibility index (Phi) is 6.78. The van der Waals surface area contributed by atoms with Gasteiger partial charge < -0.3 is 9.47 Å². The summed E-state index contributed by atoms with van der Waals surface area (Å²) in [5.74, 6) is -0.426. The molecule has 1 fully saturated rings. The number of methoxy groups -OCH3 is 2. The molecule has 35 heavy (non-hydrogen) atoms. The van der Waals surface area contributed by atoms with Gasteiger partial charge in [-0.25, -0.2) is 14.6 Å². The highest BCUT2D eigenvalue weighted by atomic mass is 16.5. The van der Waals surface area contributed by atoms with Gasteiger partial charge in [0.15, 0.2) is 11.5 Å². The number of urea groups is 1. The second-order valence-electron chi connectivity index (χ2n) is 7.70. The van der Waals surface area contributed by atoms with Crippen molar-refractivity contribution in [1.82, 2.24) is 0 Å². The van der Waals surface area contributed by atoms with Gasteiger partial charge in [-0.2, -0.15) is 0 Å². The molecule has 0 N–H and O–H groups in total. The van der Waals surface area contributed by atoms with Crippen LogP contribution in [0.4, 0.5) is 16.2 Å². The van der Waals surface area contributed by atoms with Crippen LogP contribution < -0.4 is 19.3 Å². The summed E-state index contributed by atoms with van der Waals surface area (Å²) in [5.41, 5.74) is 1.89. The van der Waals surface area contributed by atoms with Crippen molar-refractivity contribution >= 4 is 35.3 Å². The number of allylic oxidation sites excluding steroid dienone is 1. The molecule has 1 aliphatic heterocycles. The lowest BCUT2D eigenvalue weighted by molar-refractivity contribution is -0.121. The standard InChI is InChI=1S/C28H24N2O5/c1-4-11-20-16-19(18-24(34-2)25(20)35-3)17-23-26(31)29(21-12-7-5-8-13-21)28(33)30(27(23)32)22-14-9-6-10-15-22/h4-10,12-18H,1,11H2,2-3H3. The number of hydrogen-bond donors (Lipinski definition) is 0. The van der Waals surface area contributed by atoms with Crippen LogP contribution in [0, 0.1) is 0 Å². The zero-order valence-electron chi connectivity index (χ0n) is 19.4. The second kappa shape index (κ2) is 10.1. The molecule has 0 radical (unpaired) electrons. The highest BCUT2D eigenvalue weighted by Crippen LogP contribution is 2.35. The lowest BCUT2D eigenvalue weighted by Gasteiger charge is -2.34. The predicted octanol–water partition coefficient (Wildman–Crippen LogP) is 5.02. The number of hydrogen-bond acceptors (Lipinski definition) is 5. The molecule has 7 nitrogen and oxygen atoms in total. The number of carbonyl (C=O) groups is 3. The van der Waals surface area contributed by atoms with Gasteiger partial charge in [0, 0.05) is 5.56 Å². The molecule has 1 heterocycles. The van der Waals surface area contributed by atoms with Crippen molar-refractivity contribution in [2.45, 2.75) is 6.42 Å². The van der Waals surface area contributed by atoms with Crippen molar-refractivity contribution in [2.75, 3.05) is 24.0 Å². The maximum absolute atomic E-state index is 13.5. The molecule has 3 aromatic rings. The SMILES string of the molecule is C=CCc1cc(C=C2C(=O)N(c3ccccc3)C(=O)N(c3ccccc3)C2=O)cc(OC)c1OC. The van der Waals surface area contributed by atoms with Crippen molar-refractivity contribution < 1.29 is 23.9 Å². The number of benzene rings is 3. The second-order valence-corrected chi connectivity index (χ2v) is 7.70. The van der Waals surface area contributed by atoms with Gasteiger partial charge in [0.05, 0.1) is 25.6 Å². The summed E-state index contributed by atoms with van der Waals surface area (Å²) in [6, 6.07) is 19.8. The van der Waals surface area contributed by atoms with Crippen LogP contribution in [-0.2, 0) is 16.0 Å². The minimum atomic E-state index is -0.741. The van der Waals surface area contributed by atoms with Crippen LogP contribution in [0.2, 0.25) is 0 Å². The quantitative estimate of drug-likeness (QED) is 0.277. The summed E-state index contributed by atoms with van der Waals surface area (Å²) < 4.78 is 11.0. The molecule has 0 aliphatic carbocycles. The molecule has 0 spiro atoms. The smallest absolute Gasteiger partial charge is 0.343 e. The van der Waals surface area contributed by atoms with E-state index in [0.717, 1.165) is 15.4 Å². The summed E-state index contributed by atoms with van der Waals surface area (Å²) >= 11 is 0. The molecule has 4 amide bonds. The molecule has 7 heteroatoms. The van der Waals surface area contributed by atoms with Crippen molar-refractivity contribution in [3.8, 4) is 11.5 Å². The van der Waals surface area contributed by atoms with Crippen LogP contribution in [0.3, 0.4) is 0 Å². The fraction of sp³-hybridized carbons (Fsp3) is 0.107. The molecule has 0 bridgehead atoms. The highest BCUT2D eigenvalue weighted by molar-refractivity contribution is 6.46. The Morgan fingerprint density at radius 2 is 1.34 bits per heavy atom. The Morgan fingerprint density at radius 1 is 0.800 bits per heavy atom. The fourth-order valence-electron chi connectivity index (χ4n) is 3.96. The van der Waals surface area contributed by atoms with Crippen molar-refractivity contribution in [3.05, 3.63) is 102 Å². The van der Waals surface area contributed by atoms with E-state index in [1.54, 1.807) is 78.9 Å². The van der Waals surface area contributed by atoms with Gasteiger partial charge in [-0.1, -0.05) is 42.5 Å². The van der Waals surface area contributed by atoms with E-state index in [1.165, 1.54) is 20.3 Å². The lowest BCUT2D eigenvalue weighted by Crippen LogP contribution is -2.57. The van der Waals surface area contributed by atoms with Crippen LogP contribution in [-0.4, -0.2) is 32.1 Å². The largest absolute Gasteiger partial charge is 0.493 e. The monoisotopic (exact) mass is 468 g/mol. The Balaban J connectivity index is 1.89. The first kappa shape index (κ1) is 23.5. The number of imide groups is 2. The molecule has 4 rings (SSSR count). The van der Waals surface area contributed by atoms with Crippen LogP contribution in [0.15, 0.2) is 91.0 Å². The summed E-state index contributed by atoms with van der Waals surface area (Å²) in [6.07, 6.45) is 3.68. The Morgan fingerprint density at radius 3 is 1.80 bits per heavy atom. The number of amides is 4. The van der Waals surface area contributed by atoms with E-state index in [-0.39, 0.29) is 5.57 Å². The molecule has 0 atom stereocenters. The normalized spacial score (nSPS) is 13.7. The van der Waals surface area contributed by atoms with Crippen LogP contribution in [0.25, 0.3) is 6.08 Å². The van der Waals surface area contributed by atoms with Gasteiger partial charge in [-0.15, -0.1) is 6.58 Å². The third-order valence-corrected chi connectivity index (χ3v) is 5.53. The maximum atomic E-state index is 13.5. The van der Waals surface area contributed by atoms with E-state index in [1.807, 2.05) is 0 Å². The molecule has 3 aromatic carbocycles. The van der Waals surface area contributed by atoms with Gasteiger partial charge in [0.2, 0.25) is 0 Å². The van der Waals surface area contributed by atoms with Gasteiger partial charge in [0.1, 0.15) is 5.57 Å². The minimum absolute atomic E-state index is 0.158. The summed E-state index contributed by atoms with van der Waals surface area (Å²) in [5, 5.41) is 0. The third kappa shape index (κ3) is 4.44. The predicted molar refractivity (Wildman–Crippen MR) is 135 cm³/mol. The van der Waals surface area contributed by atoms with Gasteiger partial charge in [-0.05, 0) is 54.5 Å². The number of rotatable bonds is 7. The van der Waals surface area contributed by atoms with E-state index in [9.17, 15) is 14.4 Å². The zero-order chi connectivity index (χ0) is 24.9. The number of anilines is 2. The van der Waals surface area contributed by atoms with Crippen molar-refractivity contribution in [1.29, 1.82) is 0 Å². The fourth-order valence-corrected chi connectivity index (χ4v) is 3.96. The molecule has 0 unspecified atom stereocenters. The summed E-state index contributed by atoms with van der Waals surface area (Å²) in [4.78, 5) is 42.5. The van der Waals surface area contributed by atoms with E-state index in [0.29, 0.717) is 34.9 Å². The van der Waals surface area contributed by atoms with Crippen molar-refractivity contribution in [2.24, 2.45) is 0 Å². The lowest BCUT2D eigenvalue weighted by atomic mass is 10.0. The molecular formula is C28H24N2O5. The van der Waals surface area contributed by atoms with Crippen molar-refractivity contribution in [3.63, 3.8) is 0 Å². The Bertz CT molecular complexity index is 1250. The maximum Gasteiger partial charge on any atom is 0.343 e. The van der Waals surface area contributed by atoms with Gasteiger partial charge in [-0.3, -0.25) is 9.59 Å². The topological polar surface area (TPSA) is 76.2 Å². The summed E-state index contributed by atoms with van der Waals surface area (Å²) in [7, 11) is 3.05. The molecule has 0 aromatic heterocycles. The average Bonchev–Trinajstić information content (AvgIpc) is 2.88. The van der Waals surface area contributed by atoms with Gasteiger partial charge >= 0.3 is 6.03 Å². The molecule has 176 valence electrons. The van der Waals surface area contributed by atoms with E-state index >= 15 is 0 Å². The summed E-state index contributed by atoms with van der Waals surface area (Å²) in [6.45, 7) is 3.78. The zero-order valence-corrected chi connectivity index (χ0v) is 19.4. The number of barbiturate groups is 1.